The van der Waals surface area contributed by atoms with Crippen LogP contribution in [0.15, 0.2) is 16.9 Å². The van der Waals surface area contributed by atoms with Crippen molar-refractivity contribution in [1.29, 1.82) is 0 Å². The van der Waals surface area contributed by atoms with Gasteiger partial charge in [0.05, 0.1) is 16.3 Å². The number of hydrogen-bond donors (Lipinski definition) is 1. The molecule has 0 saturated carbocycles. The van der Waals surface area contributed by atoms with E-state index in [9.17, 15) is 14.4 Å². The van der Waals surface area contributed by atoms with Crippen molar-refractivity contribution in [3.8, 4) is 0 Å². The number of hydrogen-bond acceptors (Lipinski definition) is 5. The fourth-order valence-electron chi connectivity index (χ4n) is 2.55. The molecule has 1 aliphatic carbocycles. The van der Waals surface area contributed by atoms with Gasteiger partial charge in [-0.05, 0) is 44.9 Å². The number of carbonyl (C=O) groups excluding carboxylic acids is 2. The van der Waals surface area contributed by atoms with Crippen molar-refractivity contribution in [2.75, 3.05) is 0 Å². The Hall–Kier alpha value is -2.50. The van der Waals surface area contributed by atoms with Gasteiger partial charge >= 0.3 is 5.97 Å². The number of aromatic amines is 1. The third-order valence-corrected chi connectivity index (χ3v) is 3.85. The first-order chi connectivity index (χ1) is 10.8. The number of rotatable bonds is 2. The summed E-state index contributed by atoms with van der Waals surface area (Å²) >= 11 is 0. The second-order valence-corrected chi connectivity index (χ2v) is 6.79. The molecule has 6 heteroatoms. The molecule has 3 rings (SSSR count). The minimum absolute atomic E-state index is 0.0738. The van der Waals surface area contributed by atoms with E-state index in [4.69, 9.17) is 4.74 Å². The van der Waals surface area contributed by atoms with Crippen LogP contribution in [-0.2, 0) is 22.6 Å². The molecule has 6 nitrogen and oxygen atoms in total. The Kier molecular flexibility index (Phi) is 3.55. The van der Waals surface area contributed by atoms with Gasteiger partial charge in [0.15, 0.2) is 5.78 Å². The molecule has 0 fully saturated rings. The molecule has 1 aromatic heterocycles. The highest BCUT2D eigenvalue weighted by Crippen LogP contribution is 2.25. The second-order valence-electron chi connectivity index (χ2n) is 6.79. The predicted octanol–water partition coefficient (Wildman–Crippen LogP) is 2.14. The Labute approximate surface area is 132 Å². The third kappa shape index (κ3) is 2.88. The van der Waals surface area contributed by atoms with Crippen molar-refractivity contribution < 1.29 is 14.3 Å². The highest BCUT2D eigenvalue weighted by atomic mass is 16.5. The van der Waals surface area contributed by atoms with Crippen molar-refractivity contribution >= 4 is 22.7 Å². The molecule has 1 aromatic carbocycles. The van der Waals surface area contributed by atoms with E-state index in [0.29, 0.717) is 29.3 Å². The molecule has 23 heavy (non-hydrogen) atoms. The molecule has 0 spiro atoms. The van der Waals surface area contributed by atoms with Crippen LogP contribution in [0.4, 0.5) is 0 Å². The number of carbonyl (C=O) groups is 2. The van der Waals surface area contributed by atoms with Gasteiger partial charge in [-0.1, -0.05) is 0 Å². The van der Waals surface area contributed by atoms with Gasteiger partial charge in [0.25, 0.3) is 5.56 Å². The molecular formula is C17H18N2O4. The average Bonchev–Trinajstić information content (AvgIpc) is 2.83. The minimum Gasteiger partial charge on any atom is -0.457 e. The van der Waals surface area contributed by atoms with Gasteiger partial charge in [0, 0.05) is 12.0 Å². The maximum absolute atomic E-state index is 12.2. The van der Waals surface area contributed by atoms with E-state index >= 15 is 0 Å². The number of aryl methyl sites for hydroxylation is 1. The highest BCUT2D eigenvalue weighted by molar-refractivity contribution is 6.03. The standard InChI is InChI=1S/C17H18N2O4/c1-17(2,3)16(22)23-8-14-18-12-7-10-9(4-5-13(10)20)6-11(12)15(21)19-14/h6-7H,4-5,8H2,1-3H3,(H,18,19,21). The van der Waals surface area contributed by atoms with Crippen molar-refractivity contribution in [3.05, 3.63) is 39.4 Å². The van der Waals surface area contributed by atoms with Gasteiger partial charge in [0.1, 0.15) is 12.4 Å². The Morgan fingerprint density at radius 2 is 2.00 bits per heavy atom. The number of ketones is 1. The predicted molar refractivity (Wildman–Crippen MR) is 84.3 cm³/mol. The largest absolute Gasteiger partial charge is 0.457 e. The van der Waals surface area contributed by atoms with Crippen LogP contribution in [0, 0.1) is 5.41 Å². The molecular weight excluding hydrogens is 296 g/mol. The number of H-pyrrole nitrogens is 1. The lowest BCUT2D eigenvalue weighted by Gasteiger charge is -2.16. The van der Waals surface area contributed by atoms with Crippen LogP contribution in [0.3, 0.4) is 0 Å². The molecule has 0 aliphatic heterocycles. The summed E-state index contributed by atoms with van der Waals surface area (Å²) in [5.41, 5.74) is 1.06. The van der Waals surface area contributed by atoms with Gasteiger partial charge in [-0.15, -0.1) is 0 Å². The van der Waals surface area contributed by atoms with Crippen molar-refractivity contribution in [1.82, 2.24) is 9.97 Å². The lowest BCUT2D eigenvalue weighted by molar-refractivity contribution is -0.154. The number of nitrogens with zero attached hydrogens (tertiary/aromatic N) is 1. The minimum atomic E-state index is -0.621. The first-order valence-electron chi connectivity index (χ1n) is 7.52. The number of aromatic nitrogens is 2. The van der Waals surface area contributed by atoms with E-state index in [1.54, 1.807) is 32.9 Å². The zero-order chi connectivity index (χ0) is 16.8. The van der Waals surface area contributed by atoms with E-state index in [0.717, 1.165) is 5.56 Å². The molecule has 2 aromatic rings. The molecule has 0 atom stereocenters. The summed E-state index contributed by atoms with van der Waals surface area (Å²) in [6, 6.07) is 3.39. The molecule has 0 amide bonds. The third-order valence-electron chi connectivity index (χ3n) is 3.85. The quantitative estimate of drug-likeness (QED) is 0.858. The van der Waals surface area contributed by atoms with Crippen LogP contribution in [0.25, 0.3) is 10.9 Å². The molecule has 120 valence electrons. The zero-order valence-electron chi connectivity index (χ0n) is 13.4. The van der Waals surface area contributed by atoms with Crippen molar-refractivity contribution in [2.45, 2.75) is 40.2 Å². The van der Waals surface area contributed by atoms with Gasteiger partial charge < -0.3 is 9.72 Å². The van der Waals surface area contributed by atoms with Gasteiger partial charge in [-0.2, -0.15) is 0 Å². The molecule has 1 aliphatic rings. The average molecular weight is 314 g/mol. The fourth-order valence-corrected chi connectivity index (χ4v) is 2.55. The molecule has 0 radical (unpaired) electrons. The lowest BCUT2D eigenvalue weighted by atomic mass is 9.97. The van der Waals surface area contributed by atoms with Gasteiger partial charge in [0.2, 0.25) is 0 Å². The molecule has 1 heterocycles. The second kappa shape index (κ2) is 5.30. The Morgan fingerprint density at radius 3 is 2.70 bits per heavy atom. The van der Waals surface area contributed by atoms with Gasteiger partial charge in [-0.25, -0.2) is 4.98 Å². The number of nitrogens with one attached hydrogen (secondary N) is 1. The summed E-state index contributed by atoms with van der Waals surface area (Å²) < 4.78 is 5.17. The van der Waals surface area contributed by atoms with Crippen LogP contribution in [0.1, 0.15) is 48.9 Å². The maximum atomic E-state index is 12.2. The smallest absolute Gasteiger partial charge is 0.311 e. The summed E-state index contributed by atoms with van der Waals surface area (Å²) in [6.07, 6.45) is 1.13. The molecule has 0 unspecified atom stereocenters. The lowest BCUT2D eigenvalue weighted by Crippen LogP contribution is -2.24. The SMILES string of the molecule is CC(C)(C)C(=O)OCc1nc2cc3c(cc2c(=O)[nH]1)CCC3=O. The van der Waals surface area contributed by atoms with Crippen LogP contribution in [0.2, 0.25) is 0 Å². The topological polar surface area (TPSA) is 89.1 Å². The van der Waals surface area contributed by atoms with E-state index < -0.39 is 5.41 Å². The number of fused-ring (bicyclic) bond motifs is 2. The summed E-state index contributed by atoms with van der Waals surface area (Å²) in [5, 5.41) is 0.448. The fraction of sp³-hybridized carbons (Fsp3) is 0.412. The van der Waals surface area contributed by atoms with E-state index in [-0.39, 0.29) is 29.7 Å². The Balaban J connectivity index is 1.95. The number of esters is 1. The number of ether oxygens (including phenoxy) is 1. The molecule has 0 bridgehead atoms. The number of Topliss-reactive ketones (excluding diaryl/α,β-unsaturated/α-hetero) is 1. The normalized spacial score (nSPS) is 14.1. The van der Waals surface area contributed by atoms with Gasteiger partial charge in [-0.3, -0.25) is 14.4 Å². The first-order valence-corrected chi connectivity index (χ1v) is 7.52. The van der Waals surface area contributed by atoms with E-state index in [1.807, 2.05) is 0 Å². The van der Waals surface area contributed by atoms with Crippen LogP contribution < -0.4 is 5.56 Å². The van der Waals surface area contributed by atoms with Crippen LogP contribution in [-0.4, -0.2) is 21.7 Å². The Bertz CT molecular complexity index is 875. The molecule has 1 N–H and O–H groups in total. The number of benzene rings is 1. The van der Waals surface area contributed by atoms with Crippen LogP contribution in [0.5, 0.6) is 0 Å². The highest BCUT2D eigenvalue weighted by Gasteiger charge is 2.24. The summed E-state index contributed by atoms with van der Waals surface area (Å²) in [5.74, 6) is -0.0282. The zero-order valence-corrected chi connectivity index (χ0v) is 13.4. The summed E-state index contributed by atoms with van der Waals surface area (Å²) in [7, 11) is 0. The summed E-state index contributed by atoms with van der Waals surface area (Å²) in [6.45, 7) is 5.15. The van der Waals surface area contributed by atoms with E-state index in [1.165, 1.54) is 0 Å². The van der Waals surface area contributed by atoms with Crippen molar-refractivity contribution in [2.24, 2.45) is 5.41 Å². The summed E-state index contributed by atoms with van der Waals surface area (Å²) in [4.78, 5) is 42.8. The maximum Gasteiger partial charge on any atom is 0.311 e. The Morgan fingerprint density at radius 1 is 1.26 bits per heavy atom. The van der Waals surface area contributed by atoms with E-state index in [2.05, 4.69) is 9.97 Å². The van der Waals surface area contributed by atoms with Crippen molar-refractivity contribution in [3.63, 3.8) is 0 Å². The monoisotopic (exact) mass is 314 g/mol. The van der Waals surface area contributed by atoms with Crippen LogP contribution >= 0.6 is 0 Å². The first kappa shape index (κ1) is 15.4. The molecule has 0 saturated heterocycles.